The van der Waals surface area contributed by atoms with E-state index >= 15 is 0 Å². The molecule has 1 aromatic rings. The number of fused-ring (bicyclic) bond motifs is 1. The van der Waals surface area contributed by atoms with Gasteiger partial charge in [0.25, 0.3) is 0 Å². The van der Waals surface area contributed by atoms with Crippen LogP contribution < -0.4 is 10.6 Å². The molecule has 1 fully saturated rings. The van der Waals surface area contributed by atoms with E-state index in [1.165, 1.54) is 0 Å². The first-order chi connectivity index (χ1) is 12.8. The van der Waals surface area contributed by atoms with E-state index in [1.807, 2.05) is 11.6 Å². The third-order valence-electron chi connectivity index (χ3n) is 4.73. The highest BCUT2D eigenvalue weighted by Gasteiger charge is 2.24. The van der Waals surface area contributed by atoms with Gasteiger partial charge in [-0.15, -0.1) is 24.0 Å². The standard InChI is InChI=1S/C18H32N6O2.HI/c1-3-19-18(20-9-5-11-26-15-7-12-25-13-8-15)22-16-6-4-10-24-17(16)21-14(2)23-24;/h15-16H,3-13H2,1-2H3,(H2,19,20,22);1H. The summed E-state index contributed by atoms with van der Waals surface area (Å²) in [5, 5.41) is 11.3. The van der Waals surface area contributed by atoms with E-state index in [0.29, 0.717) is 6.10 Å². The van der Waals surface area contributed by atoms with Crippen LogP contribution in [0, 0.1) is 6.92 Å². The van der Waals surface area contributed by atoms with Gasteiger partial charge >= 0.3 is 0 Å². The Hall–Kier alpha value is -0.940. The third-order valence-corrected chi connectivity index (χ3v) is 4.73. The molecule has 1 unspecified atom stereocenters. The molecule has 0 spiro atoms. The van der Waals surface area contributed by atoms with Crippen molar-refractivity contribution in [2.24, 2.45) is 4.99 Å². The average molecular weight is 492 g/mol. The van der Waals surface area contributed by atoms with Gasteiger partial charge < -0.3 is 20.1 Å². The van der Waals surface area contributed by atoms with Gasteiger partial charge in [0, 0.05) is 39.5 Å². The number of aromatic nitrogens is 3. The zero-order valence-electron chi connectivity index (χ0n) is 16.4. The van der Waals surface area contributed by atoms with Gasteiger partial charge in [0.15, 0.2) is 5.96 Å². The number of halogens is 1. The summed E-state index contributed by atoms with van der Waals surface area (Å²) >= 11 is 0. The summed E-state index contributed by atoms with van der Waals surface area (Å²) in [7, 11) is 0. The second-order valence-corrected chi connectivity index (χ2v) is 6.88. The van der Waals surface area contributed by atoms with Gasteiger partial charge in [0.1, 0.15) is 11.6 Å². The molecule has 0 aliphatic carbocycles. The molecule has 8 nitrogen and oxygen atoms in total. The van der Waals surface area contributed by atoms with Crippen LogP contribution in [0.3, 0.4) is 0 Å². The van der Waals surface area contributed by atoms with Crippen LogP contribution in [0.4, 0.5) is 0 Å². The molecular formula is C18H33IN6O2. The lowest BCUT2D eigenvalue weighted by Gasteiger charge is -2.25. The molecule has 154 valence electrons. The van der Waals surface area contributed by atoms with Gasteiger partial charge in [-0.1, -0.05) is 0 Å². The minimum Gasteiger partial charge on any atom is -0.381 e. The Morgan fingerprint density at radius 2 is 2.15 bits per heavy atom. The molecule has 3 rings (SSSR count). The van der Waals surface area contributed by atoms with Crippen molar-refractivity contribution in [1.29, 1.82) is 0 Å². The molecule has 2 aliphatic rings. The van der Waals surface area contributed by atoms with Gasteiger partial charge in [-0.3, -0.25) is 4.99 Å². The van der Waals surface area contributed by atoms with Crippen LogP contribution >= 0.6 is 24.0 Å². The number of hydrogen-bond donors (Lipinski definition) is 2. The van der Waals surface area contributed by atoms with Crippen molar-refractivity contribution in [1.82, 2.24) is 25.4 Å². The maximum absolute atomic E-state index is 5.91. The predicted molar refractivity (Wildman–Crippen MR) is 116 cm³/mol. The number of guanidine groups is 1. The number of aryl methyl sites for hydroxylation is 2. The molecule has 3 heterocycles. The molecule has 2 aliphatic heterocycles. The lowest BCUT2D eigenvalue weighted by Crippen LogP contribution is -2.41. The molecule has 9 heteroatoms. The summed E-state index contributed by atoms with van der Waals surface area (Å²) < 4.78 is 13.3. The minimum atomic E-state index is 0. The molecule has 2 N–H and O–H groups in total. The van der Waals surface area contributed by atoms with Crippen LogP contribution in [-0.2, 0) is 16.0 Å². The molecule has 27 heavy (non-hydrogen) atoms. The number of nitrogens with zero attached hydrogens (tertiary/aromatic N) is 4. The van der Waals surface area contributed by atoms with Crippen molar-refractivity contribution in [2.75, 3.05) is 32.9 Å². The highest BCUT2D eigenvalue weighted by Crippen LogP contribution is 2.22. The van der Waals surface area contributed by atoms with E-state index in [1.54, 1.807) is 0 Å². The van der Waals surface area contributed by atoms with Crippen molar-refractivity contribution in [2.45, 2.75) is 64.6 Å². The third kappa shape index (κ3) is 6.86. The Labute approximate surface area is 178 Å². The normalized spacial score (nSPS) is 20.7. The minimum absolute atomic E-state index is 0. The molecule has 0 bridgehead atoms. The summed E-state index contributed by atoms with van der Waals surface area (Å²) in [6.07, 6.45) is 5.45. The molecule has 0 amide bonds. The molecule has 0 radical (unpaired) electrons. The quantitative estimate of drug-likeness (QED) is 0.263. The number of rotatable bonds is 7. The first-order valence-electron chi connectivity index (χ1n) is 9.91. The van der Waals surface area contributed by atoms with Gasteiger partial charge in [-0.05, 0) is 46.0 Å². The Balaban J connectivity index is 0.00000261. The number of nitrogens with one attached hydrogen (secondary N) is 2. The van der Waals surface area contributed by atoms with E-state index < -0.39 is 0 Å². The number of ether oxygens (including phenoxy) is 2. The second-order valence-electron chi connectivity index (χ2n) is 6.88. The summed E-state index contributed by atoms with van der Waals surface area (Å²) in [6, 6.07) is 0.168. The number of aliphatic imine (C=N–C) groups is 1. The van der Waals surface area contributed by atoms with Crippen LogP contribution in [0.1, 0.15) is 56.7 Å². The smallest absolute Gasteiger partial charge is 0.191 e. The highest BCUT2D eigenvalue weighted by molar-refractivity contribution is 14.0. The van der Waals surface area contributed by atoms with Crippen molar-refractivity contribution in [3.63, 3.8) is 0 Å². The lowest BCUT2D eigenvalue weighted by atomic mass is 10.1. The Morgan fingerprint density at radius 3 is 2.93 bits per heavy atom. The second kappa shape index (κ2) is 11.8. The maximum atomic E-state index is 5.91. The first-order valence-corrected chi connectivity index (χ1v) is 9.91. The van der Waals surface area contributed by atoms with Gasteiger partial charge in [-0.25, -0.2) is 9.67 Å². The first kappa shape index (κ1) is 22.4. The summed E-state index contributed by atoms with van der Waals surface area (Å²) in [6.45, 7) is 8.96. The molecular weight excluding hydrogens is 459 g/mol. The lowest BCUT2D eigenvalue weighted by molar-refractivity contribution is -0.0318. The monoisotopic (exact) mass is 492 g/mol. The average Bonchev–Trinajstić information content (AvgIpc) is 3.04. The van der Waals surface area contributed by atoms with E-state index in [-0.39, 0.29) is 30.0 Å². The zero-order valence-corrected chi connectivity index (χ0v) is 18.8. The topological polar surface area (TPSA) is 85.6 Å². The molecule has 0 saturated carbocycles. The zero-order chi connectivity index (χ0) is 18.2. The Morgan fingerprint density at radius 1 is 1.33 bits per heavy atom. The van der Waals surface area contributed by atoms with Gasteiger partial charge in [0.2, 0.25) is 0 Å². The SMILES string of the molecule is CCNC(=NCCCOC1CCOCC1)NC1CCCn2nc(C)nc21.I. The molecule has 1 atom stereocenters. The van der Waals surface area contributed by atoms with Crippen LogP contribution in [0.5, 0.6) is 0 Å². The Bertz CT molecular complexity index is 588. The highest BCUT2D eigenvalue weighted by atomic mass is 127. The summed E-state index contributed by atoms with van der Waals surface area (Å²) in [5.41, 5.74) is 0. The molecule has 0 aromatic carbocycles. The molecule has 1 aromatic heterocycles. The van der Waals surface area contributed by atoms with Crippen molar-refractivity contribution in [3.05, 3.63) is 11.6 Å². The van der Waals surface area contributed by atoms with Crippen LogP contribution in [0.2, 0.25) is 0 Å². The van der Waals surface area contributed by atoms with Crippen LogP contribution in [0.25, 0.3) is 0 Å². The van der Waals surface area contributed by atoms with Crippen LogP contribution in [0.15, 0.2) is 4.99 Å². The maximum Gasteiger partial charge on any atom is 0.191 e. The van der Waals surface area contributed by atoms with E-state index in [4.69, 9.17) is 14.5 Å². The predicted octanol–water partition coefficient (Wildman–Crippen LogP) is 2.18. The van der Waals surface area contributed by atoms with Crippen molar-refractivity contribution < 1.29 is 9.47 Å². The summed E-state index contributed by atoms with van der Waals surface area (Å²) in [5.74, 6) is 2.70. The number of hydrogen-bond acceptors (Lipinski definition) is 5. The van der Waals surface area contributed by atoms with E-state index in [9.17, 15) is 0 Å². The van der Waals surface area contributed by atoms with E-state index in [0.717, 1.165) is 89.2 Å². The Kier molecular flexibility index (Phi) is 9.77. The van der Waals surface area contributed by atoms with Crippen LogP contribution in [-0.4, -0.2) is 59.7 Å². The summed E-state index contributed by atoms with van der Waals surface area (Å²) in [4.78, 5) is 9.29. The fourth-order valence-electron chi connectivity index (χ4n) is 3.44. The fourth-order valence-corrected chi connectivity index (χ4v) is 3.44. The molecule has 1 saturated heterocycles. The van der Waals surface area contributed by atoms with Crippen molar-refractivity contribution >= 4 is 29.9 Å². The largest absolute Gasteiger partial charge is 0.381 e. The van der Waals surface area contributed by atoms with Crippen molar-refractivity contribution in [3.8, 4) is 0 Å². The van der Waals surface area contributed by atoms with Gasteiger partial charge in [0.05, 0.1) is 12.1 Å². The fraction of sp³-hybridized carbons (Fsp3) is 0.833. The van der Waals surface area contributed by atoms with E-state index in [2.05, 4.69) is 27.6 Å². The van der Waals surface area contributed by atoms with Gasteiger partial charge in [-0.2, -0.15) is 5.10 Å².